The van der Waals surface area contributed by atoms with Gasteiger partial charge in [0, 0.05) is 11.4 Å². The summed E-state index contributed by atoms with van der Waals surface area (Å²) in [5.41, 5.74) is 0.179. The average Bonchev–Trinajstić information content (AvgIpc) is 3.50. The summed E-state index contributed by atoms with van der Waals surface area (Å²) in [5, 5.41) is 3.05. The molecule has 0 aromatic heterocycles. The average molecular weight is 512 g/mol. The molecule has 1 saturated carbocycles. The van der Waals surface area contributed by atoms with Gasteiger partial charge in [-0.25, -0.2) is 0 Å². The monoisotopic (exact) mass is 511 g/mol. The van der Waals surface area contributed by atoms with Crippen LogP contribution in [-0.4, -0.2) is 47.6 Å². The molecule has 0 unspecified atom stereocenters. The van der Waals surface area contributed by atoms with Gasteiger partial charge in [-0.15, -0.1) is 0 Å². The van der Waals surface area contributed by atoms with Gasteiger partial charge in [0.15, 0.2) is 0 Å². The molecule has 1 aliphatic carbocycles. The molecule has 2 atom stereocenters. The summed E-state index contributed by atoms with van der Waals surface area (Å²) in [5.74, 6) is -4.68. The Morgan fingerprint density at radius 1 is 1.12 bits per heavy atom. The molecule has 0 heterocycles. The number of hydrogen-bond acceptors (Lipinski definition) is 3. The molecule has 0 spiro atoms. The first kappa shape index (κ1) is 28.0. The molecule has 0 radical (unpaired) electrons. The van der Waals surface area contributed by atoms with E-state index in [1.54, 1.807) is 19.1 Å². The molecule has 0 aliphatic heterocycles. The first-order valence-electron chi connectivity index (χ1n) is 10.1. The molecule has 10 heteroatoms. The molecule has 0 saturated heterocycles. The van der Waals surface area contributed by atoms with Crippen LogP contribution in [0.25, 0.3) is 0 Å². The molecule has 3 rings (SSSR count). The fraction of sp³-hybridized carbons (Fsp3) is 0.391. The van der Waals surface area contributed by atoms with Gasteiger partial charge in [0.25, 0.3) is 0 Å². The Bertz CT molecular complexity index is 1010. The van der Waals surface area contributed by atoms with Crippen LogP contribution in [0.3, 0.4) is 0 Å². The van der Waals surface area contributed by atoms with Gasteiger partial charge in [-0.3, -0.25) is 9.59 Å². The molecule has 1 amide bonds. The second-order valence-electron chi connectivity index (χ2n) is 7.87. The molecule has 174 valence electrons. The molecule has 2 aromatic rings. The Labute approximate surface area is 222 Å². The van der Waals surface area contributed by atoms with E-state index in [1.165, 1.54) is 30.3 Å². The number of halogens is 5. The summed E-state index contributed by atoms with van der Waals surface area (Å²) in [6, 6.07) is 10.4. The van der Waals surface area contributed by atoms with Crippen molar-refractivity contribution in [1.82, 2.24) is 0 Å². The van der Waals surface area contributed by atoms with Crippen LogP contribution in [-0.2, 0) is 19.9 Å². The quantitative estimate of drug-likeness (QED) is 0.355. The zero-order chi connectivity index (χ0) is 23.7. The maximum atomic E-state index is 13.5. The van der Waals surface area contributed by atoms with Gasteiger partial charge in [-0.2, -0.15) is 13.2 Å². The molecule has 0 bridgehead atoms. The minimum atomic E-state index is -4.60. The van der Waals surface area contributed by atoms with Crippen molar-refractivity contribution in [2.75, 3.05) is 5.32 Å². The minimum absolute atomic E-state index is 0. The standard InChI is InChI=1S/C23H22Cl2F3NO3.Na.H/c1-3-19(30)32-22(10-11-22)15-6-9-17(25)18(12-15)29-21(31)20(13(2)23(26,27)28)14-4-7-16(24)8-5-14;;/h4-9,12-13,20H,3,10-11H2,1-2H3,(H,29,31);;/t13-,20+;;/m1../s1. The summed E-state index contributed by atoms with van der Waals surface area (Å²) in [6.45, 7) is 2.64. The van der Waals surface area contributed by atoms with Crippen molar-refractivity contribution in [3.63, 3.8) is 0 Å². The van der Waals surface area contributed by atoms with Gasteiger partial charge in [0.1, 0.15) is 5.60 Å². The number of nitrogens with one attached hydrogen (secondary N) is 1. The molecule has 2 aromatic carbocycles. The number of esters is 1. The number of anilines is 1. The summed E-state index contributed by atoms with van der Waals surface area (Å²) in [7, 11) is 0. The summed E-state index contributed by atoms with van der Waals surface area (Å²) in [4.78, 5) is 24.8. The van der Waals surface area contributed by atoms with E-state index in [-0.39, 0.29) is 58.2 Å². The predicted octanol–water partition coefficient (Wildman–Crippen LogP) is 6.21. The van der Waals surface area contributed by atoms with Crippen LogP contribution in [0.5, 0.6) is 0 Å². The van der Waals surface area contributed by atoms with Gasteiger partial charge in [0.2, 0.25) is 5.91 Å². The molecule has 1 aliphatic rings. The van der Waals surface area contributed by atoms with E-state index in [0.29, 0.717) is 23.4 Å². The van der Waals surface area contributed by atoms with Crippen LogP contribution in [0.1, 0.15) is 50.2 Å². The van der Waals surface area contributed by atoms with Gasteiger partial charge >= 0.3 is 41.7 Å². The van der Waals surface area contributed by atoms with Crippen LogP contribution in [0, 0.1) is 5.92 Å². The van der Waals surface area contributed by atoms with Gasteiger partial charge < -0.3 is 10.1 Å². The van der Waals surface area contributed by atoms with E-state index >= 15 is 0 Å². The second kappa shape index (κ2) is 11.0. The van der Waals surface area contributed by atoms with Gasteiger partial charge in [0.05, 0.1) is 22.5 Å². The fourth-order valence-electron chi connectivity index (χ4n) is 3.49. The number of amides is 1. The van der Waals surface area contributed by atoms with E-state index in [1.807, 2.05) is 0 Å². The van der Waals surface area contributed by atoms with Crippen LogP contribution in [0.4, 0.5) is 18.9 Å². The molecule has 4 nitrogen and oxygen atoms in total. The Balaban J connectivity index is 0.00000385. The van der Waals surface area contributed by atoms with Crippen molar-refractivity contribution in [2.24, 2.45) is 5.92 Å². The zero-order valence-corrected chi connectivity index (χ0v) is 18.9. The summed E-state index contributed by atoms with van der Waals surface area (Å²) >= 11 is 12.1. The summed E-state index contributed by atoms with van der Waals surface area (Å²) < 4.78 is 46.2. The normalized spacial score (nSPS) is 16.2. The van der Waals surface area contributed by atoms with Crippen molar-refractivity contribution in [2.45, 2.75) is 50.8 Å². The Morgan fingerprint density at radius 2 is 1.73 bits per heavy atom. The first-order valence-corrected chi connectivity index (χ1v) is 10.9. The zero-order valence-electron chi connectivity index (χ0n) is 17.4. The van der Waals surface area contributed by atoms with Crippen LogP contribution in [0.2, 0.25) is 10.0 Å². The maximum absolute atomic E-state index is 13.5. The molecular formula is C23H23Cl2F3NNaO3. The van der Waals surface area contributed by atoms with E-state index < -0.39 is 29.5 Å². The number of carbonyl (C=O) groups is 2. The third kappa shape index (κ3) is 6.67. The number of alkyl halides is 3. The van der Waals surface area contributed by atoms with Crippen molar-refractivity contribution >= 4 is 70.3 Å². The van der Waals surface area contributed by atoms with Crippen molar-refractivity contribution in [3.8, 4) is 0 Å². The van der Waals surface area contributed by atoms with Crippen LogP contribution >= 0.6 is 23.2 Å². The number of hydrogen-bond donors (Lipinski definition) is 1. The molecule has 33 heavy (non-hydrogen) atoms. The number of carbonyl (C=O) groups excluding carboxylic acids is 2. The SMILES string of the molecule is CCC(=O)OC1(c2ccc(Cl)c(NC(=O)[C@H](c3ccc(Cl)cc3)[C@@H](C)C(F)(F)F)c2)CC1.[NaH]. The van der Waals surface area contributed by atoms with E-state index in [0.717, 1.165) is 6.92 Å². The fourth-order valence-corrected chi connectivity index (χ4v) is 3.79. The molecule has 1 N–H and O–H groups in total. The summed E-state index contributed by atoms with van der Waals surface area (Å²) in [6.07, 6.45) is -3.14. The van der Waals surface area contributed by atoms with Gasteiger partial charge in [-0.1, -0.05) is 55.2 Å². The first-order chi connectivity index (χ1) is 15.0. The Hall–Kier alpha value is -1.25. The van der Waals surface area contributed by atoms with Crippen molar-refractivity contribution < 1.29 is 27.5 Å². The Kier molecular flexibility index (Phi) is 9.33. The van der Waals surface area contributed by atoms with E-state index in [4.69, 9.17) is 27.9 Å². The van der Waals surface area contributed by atoms with Crippen LogP contribution in [0.15, 0.2) is 42.5 Å². The van der Waals surface area contributed by atoms with Crippen LogP contribution < -0.4 is 5.32 Å². The molecular weight excluding hydrogens is 489 g/mol. The number of benzene rings is 2. The second-order valence-corrected chi connectivity index (χ2v) is 8.71. The topological polar surface area (TPSA) is 55.4 Å². The Morgan fingerprint density at radius 3 is 2.24 bits per heavy atom. The third-order valence-electron chi connectivity index (χ3n) is 5.58. The number of rotatable bonds is 7. The third-order valence-corrected chi connectivity index (χ3v) is 6.16. The van der Waals surface area contributed by atoms with E-state index in [2.05, 4.69) is 5.32 Å². The van der Waals surface area contributed by atoms with E-state index in [9.17, 15) is 22.8 Å². The van der Waals surface area contributed by atoms with Gasteiger partial charge in [-0.05, 0) is 48.2 Å². The van der Waals surface area contributed by atoms with Crippen molar-refractivity contribution in [1.29, 1.82) is 0 Å². The van der Waals surface area contributed by atoms with Crippen molar-refractivity contribution in [3.05, 3.63) is 63.6 Å². The number of ether oxygens (including phenoxy) is 1. The molecule has 1 fully saturated rings. The predicted molar refractivity (Wildman–Crippen MR) is 124 cm³/mol.